The normalized spacial score (nSPS) is 10.7. The molecule has 0 radical (unpaired) electrons. The Bertz CT molecular complexity index is 705. The zero-order valence-corrected chi connectivity index (χ0v) is 10.00. The van der Waals surface area contributed by atoms with Crippen LogP contribution < -0.4 is 9.79 Å². The van der Waals surface area contributed by atoms with Gasteiger partial charge in [0.1, 0.15) is 0 Å². The molecule has 88 valence electrons. The van der Waals surface area contributed by atoms with Gasteiger partial charge in [-0.3, -0.25) is 0 Å². The molecule has 0 amide bonds. The quantitative estimate of drug-likeness (QED) is 0.605. The van der Waals surface area contributed by atoms with Crippen LogP contribution >= 0.6 is 0 Å². The van der Waals surface area contributed by atoms with E-state index in [4.69, 9.17) is 0 Å². The van der Waals surface area contributed by atoms with E-state index in [0.29, 0.717) is 5.39 Å². The van der Waals surface area contributed by atoms with Gasteiger partial charge in [0.15, 0.2) is 0 Å². The van der Waals surface area contributed by atoms with Crippen molar-refractivity contribution in [3.05, 3.63) is 60.3 Å². The molecule has 3 heteroatoms. The number of rotatable bonds is 1. The summed E-state index contributed by atoms with van der Waals surface area (Å²) in [6.07, 6.45) is 1.88. The summed E-state index contributed by atoms with van der Waals surface area (Å²) in [4.78, 5) is 0. The van der Waals surface area contributed by atoms with E-state index in [0.717, 1.165) is 11.1 Å². The van der Waals surface area contributed by atoms with Crippen LogP contribution in [0.5, 0.6) is 5.88 Å². The topological polar surface area (TPSA) is 39.8 Å². The van der Waals surface area contributed by atoms with Gasteiger partial charge in [0.25, 0.3) is 0 Å². The van der Waals surface area contributed by atoms with Crippen molar-refractivity contribution in [3.8, 4) is 11.6 Å². The smallest absolute Gasteiger partial charge is 0.238 e. The SMILES string of the molecule is Cc1ccc(-[n+]2cc3ccccc3c([O-])n2)cc1. The molecule has 0 atom stereocenters. The summed E-state index contributed by atoms with van der Waals surface area (Å²) in [5.74, 6) is -0.200. The first-order valence-corrected chi connectivity index (χ1v) is 5.80. The Hall–Kier alpha value is -2.42. The van der Waals surface area contributed by atoms with Gasteiger partial charge < -0.3 is 5.11 Å². The fourth-order valence-electron chi connectivity index (χ4n) is 1.95. The lowest BCUT2D eigenvalue weighted by molar-refractivity contribution is -0.663. The monoisotopic (exact) mass is 236 g/mol. The van der Waals surface area contributed by atoms with Crippen LogP contribution in [0, 0.1) is 6.92 Å². The van der Waals surface area contributed by atoms with Gasteiger partial charge in [0.2, 0.25) is 11.9 Å². The van der Waals surface area contributed by atoms with Crippen molar-refractivity contribution in [2.75, 3.05) is 0 Å². The van der Waals surface area contributed by atoms with Crippen LogP contribution in [0.15, 0.2) is 54.7 Å². The standard InChI is InChI=1S/C15H12N2O/c1-11-6-8-13(9-7-11)17-10-12-4-2-3-5-14(12)15(18)16-17/h2-10H,1H3. The summed E-state index contributed by atoms with van der Waals surface area (Å²) < 4.78 is 1.63. The van der Waals surface area contributed by atoms with Crippen LogP contribution in [0.4, 0.5) is 0 Å². The third-order valence-corrected chi connectivity index (χ3v) is 2.95. The van der Waals surface area contributed by atoms with E-state index in [2.05, 4.69) is 5.10 Å². The summed E-state index contributed by atoms with van der Waals surface area (Å²) in [6.45, 7) is 2.03. The Balaban J connectivity index is 2.21. The van der Waals surface area contributed by atoms with Crippen LogP contribution in [0.3, 0.4) is 0 Å². The molecule has 3 nitrogen and oxygen atoms in total. The maximum atomic E-state index is 11.9. The minimum absolute atomic E-state index is 0.200. The van der Waals surface area contributed by atoms with Crippen molar-refractivity contribution in [3.63, 3.8) is 0 Å². The fraction of sp³-hybridized carbons (Fsp3) is 0.0667. The third-order valence-electron chi connectivity index (χ3n) is 2.95. The fourth-order valence-corrected chi connectivity index (χ4v) is 1.95. The second kappa shape index (κ2) is 4.11. The Morgan fingerprint density at radius 3 is 2.50 bits per heavy atom. The maximum absolute atomic E-state index is 11.9. The van der Waals surface area contributed by atoms with E-state index in [9.17, 15) is 5.11 Å². The number of fused-ring (bicyclic) bond motifs is 1. The van der Waals surface area contributed by atoms with E-state index in [1.165, 1.54) is 5.56 Å². The van der Waals surface area contributed by atoms with Gasteiger partial charge in [-0.1, -0.05) is 40.6 Å². The Kier molecular flexibility index (Phi) is 2.45. The van der Waals surface area contributed by atoms with E-state index >= 15 is 0 Å². The lowest BCUT2D eigenvalue weighted by Gasteiger charge is -2.06. The molecular formula is C15H12N2O. The molecule has 0 unspecified atom stereocenters. The van der Waals surface area contributed by atoms with Crippen LogP contribution in [0.1, 0.15) is 5.56 Å². The maximum Gasteiger partial charge on any atom is 0.238 e. The second-order valence-electron chi connectivity index (χ2n) is 4.30. The molecule has 2 aromatic carbocycles. The molecule has 3 aromatic rings. The van der Waals surface area contributed by atoms with Gasteiger partial charge in [0.05, 0.1) is 5.88 Å². The summed E-state index contributed by atoms with van der Waals surface area (Å²) in [7, 11) is 0. The highest BCUT2D eigenvalue weighted by Gasteiger charge is 2.09. The van der Waals surface area contributed by atoms with E-state index in [-0.39, 0.29) is 5.88 Å². The number of nitrogens with zero attached hydrogens (tertiary/aromatic N) is 2. The zero-order chi connectivity index (χ0) is 12.5. The van der Waals surface area contributed by atoms with E-state index in [1.54, 1.807) is 10.7 Å². The summed E-state index contributed by atoms with van der Waals surface area (Å²) in [6, 6.07) is 15.4. The van der Waals surface area contributed by atoms with Gasteiger partial charge in [-0.15, -0.1) is 0 Å². The predicted octanol–water partition coefficient (Wildman–Crippen LogP) is 1.89. The van der Waals surface area contributed by atoms with Gasteiger partial charge in [-0.05, 0) is 18.1 Å². The molecule has 0 fully saturated rings. The van der Waals surface area contributed by atoms with Crippen molar-refractivity contribution < 1.29 is 9.79 Å². The Labute approximate surface area is 105 Å². The molecule has 0 aliphatic heterocycles. The van der Waals surface area contributed by atoms with Gasteiger partial charge in [0, 0.05) is 22.9 Å². The molecule has 0 aliphatic carbocycles. The molecule has 0 bridgehead atoms. The molecule has 0 saturated heterocycles. The van der Waals surface area contributed by atoms with Crippen LogP contribution in [0.25, 0.3) is 16.5 Å². The van der Waals surface area contributed by atoms with Crippen molar-refractivity contribution in [2.45, 2.75) is 6.92 Å². The molecule has 0 aliphatic rings. The lowest BCUT2D eigenvalue weighted by Crippen LogP contribution is -2.35. The molecule has 0 N–H and O–H groups in total. The average molecular weight is 236 g/mol. The van der Waals surface area contributed by atoms with Gasteiger partial charge >= 0.3 is 0 Å². The highest BCUT2D eigenvalue weighted by atomic mass is 16.3. The molecule has 1 heterocycles. The number of hydrogen-bond acceptors (Lipinski definition) is 2. The number of hydrogen-bond donors (Lipinski definition) is 0. The molecule has 0 spiro atoms. The molecule has 0 saturated carbocycles. The molecule has 18 heavy (non-hydrogen) atoms. The van der Waals surface area contributed by atoms with Gasteiger partial charge in [-0.2, -0.15) is 0 Å². The minimum atomic E-state index is -0.200. The number of benzene rings is 2. The first kappa shape index (κ1) is 10.7. The summed E-state index contributed by atoms with van der Waals surface area (Å²) in [5, 5.41) is 17.5. The van der Waals surface area contributed by atoms with E-state index < -0.39 is 0 Å². The highest BCUT2D eigenvalue weighted by molar-refractivity contribution is 5.84. The van der Waals surface area contributed by atoms with Gasteiger partial charge in [-0.25, -0.2) is 0 Å². The molecule has 3 rings (SSSR count). The Morgan fingerprint density at radius 2 is 1.72 bits per heavy atom. The second-order valence-corrected chi connectivity index (χ2v) is 4.30. The lowest BCUT2D eigenvalue weighted by atomic mass is 10.2. The van der Waals surface area contributed by atoms with Crippen molar-refractivity contribution >= 4 is 10.8 Å². The number of aromatic nitrogens is 2. The van der Waals surface area contributed by atoms with Crippen molar-refractivity contribution in [2.24, 2.45) is 0 Å². The first-order valence-electron chi connectivity index (χ1n) is 5.80. The predicted molar refractivity (Wildman–Crippen MR) is 67.5 cm³/mol. The van der Waals surface area contributed by atoms with Crippen LogP contribution in [-0.2, 0) is 0 Å². The average Bonchev–Trinajstić information content (AvgIpc) is 2.39. The van der Waals surface area contributed by atoms with Crippen molar-refractivity contribution in [1.82, 2.24) is 5.10 Å². The van der Waals surface area contributed by atoms with E-state index in [1.807, 2.05) is 55.6 Å². The Morgan fingerprint density at radius 1 is 1.00 bits per heavy atom. The summed E-state index contributed by atoms with van der Waals surface area (Å²) >= 11 is 0. The first-order chi connectivity index (χ1) is 8.74. The number of aryl methyl sites for hydroxylation is 1. The molecule has 1 aromatic heterocycles. The largest absolute Gasteiger partial charge is 0.854 e. The third kappa shape index (κ3) is 1.80. The summed E-state index contributed by atoms with van der Waals surface area (Å²) in [5.41, 5.74) is 2.07. The van der Waals surface area contributed by atoms with Crippen molar-refractivity contribution in [1.29, 1.82) is 0 Å². The van der Waals surface area contributed by atoms with Crippen LogP contribution in [0.2, 0.25) is 0 Å². The highest BCUT2D eigenvalue weighted by Crippen LogP contribution is 2.17. The minimum Gasteiger partial charge on any atom is -0.854 e. The zero-order valence-electron chi connectivity index (χ0n) is 10.00. The molecular weight excluding hydrogens is 224 g/mol. The van der Waals surface area contributed by atoms with Crippen LogP contribution in [-0.4, -0.2) is 5.10 Å².